The van der Waals surface area contributed by atoms with Crippen molar-refractivity contribution in [2.45, 2.75) is 25.6 Å². The molecule has 130 valence electrons. The predicted octanol–water partition coefficient (Wildman–Crippen LogP) is 4.62. The van der Waals surface area contributed by atoms with Crippen molar-refractivity contribution >= 4 is 11.4 Å². The average molecular weight is 347 g/mol. The molecule has 0 saturated carbocycles. The Hall–Kier alpha value is -2.75. The molecule has 0 N–H and O–H groups in total. The first-order valence-electron chi connectivity index (χ1n) is 7.80. The van der Waals surface area contributed by atoms with E-state index in [1.807, 2.05) is 17.9 Å². The Balaban J connectivity index is 1.73. The summed E-state index contributed by atoms with van der Waals surface area (Å²) in [6, 6.07) is 6.98. The van der Waals surface area contributed by atoms with E-state index < -0.39 is 11.7 Å². The van der Waals surface area contributed by atoms with Gasteiger partial charge in [-0.25, -0.2) is 9.83 Å². The number of hydrogen-bond acceptors (Lipinski definition) is 3. The molecule has 1 aliphatic heterocycles. The van der Waals surface area contributed by atoms with Gasteiger partial charge in [-0.3, -0.25) is 0 Å². The van der Waals surface area contributed by atoms with Crippen LogP contribution in [0.4, 0.5) is 24.5 Å². The van der Waals surface area contributed by atoms with E-state index in [4.69, 9.17) is 11.3 Å². The van der Waals surface area contributed by atoms with Gasteiger partial charge in [0.05, 0.1) is 13.1 Å². The molecule has 0 aliphatic carbocycles. The fourth-order valence-electron chi connectivity index (χ4n) is 2.79. The van der Waals surface area contributed by atoms with Crippen molar-refractivity contribution in [3.63, 3.8) is 0 Å². The molecule has 4 nitrogen and oxygen atoms in total. The number of aromatic nitrogens is 1. The zero-order valence-corrected chi connectivity index (χ0v) is 13.5. The quantitative estimate of drug-likeness (QED) is 0.759. The average Bonchev–Trinajstić information content (AvgIpc) is 3.04. The summed E-state index contributed by atoms with van der Waals surface area (Å²) in [5, 5.41) is 0. The first kappa shape index (κ1) is 17.1. The third-order valence-electron chi connectivity index (χ3n) is 4.08. The molecule has 1 aliphatic rings. The van der Waals surface area contributed by atoms with Crippen LogP contribution in [0.5, 0.6) is 5.88 Å². The molecule has 0 spiro atoms. The number of anilines is 1. The minimum absolute atomic E-state index is 0.00364. The van der Waals surface area contributed by atoms with Gasteiger partial charge in [0.2, 0.25) is 11.6 Å². The fraction of sp³-hybridized carbons (Fsp3) is 0.333. The normalized spacial score (nSPS) is 17.4. The van der Waals surface area contributed by atoms with Crippen LogP contribution in [-0.2, 0) is 6.18 Å². The lowest BCUT2D eigenvalue weighted by atomic mass is 10.1. The summed E-state index contributed by atoms with van der Waals surface area (Å²) in [5.74, 6) is 0.523. The molecule has 0 radical (unpaired) electrons. The van der Waals surface area contributed by atoms with Crippen LogP contribution in [0.15, 0.2) is 36.5 Å². The highest BCUT2D eigenvalue weighted by molar-refractivity contribution is 5.72. The van der Waals surface area contributed by atoms with Gasteiger partial charge in [-0.05, 0) is 24.6 Å². The molecule has 1 atom stereocenters. The maximum Gasteiger partial charge on any atom is 0.415 e. The van der Waals surface area contributed by atoms with Gasteiger partial charge in [-0.2, -0.15) is 13.2 Å². The lowest BCUT2D eigenvalue weighted by Crippen LogP contribution is -2.25. The first-order chi connectivity index (χ1) is 11.9. The van der Waals surface area contributed by atoms with E-state index in [1.54, 1.807) is 12.3 Å². The Bertz CT molecular complexity index is 797. The van der Waals surface area contributed by atoms with Crippen LogP contribution in [0.3, 0.4) is 0 Å². The van der Waals surface area contributed by atoms with Crippen molar-refractivity contribution in [1.29, 1.82) is 0 Å². The van der Waals surface area contributed by atoms with Gasteiger partial charge >= 0.3 is 6.18 Å². The van der Waals surface area contributed by atoms with Gasteiger partial charge in [0, 0.05) is 36.5 Å². The summed E-state index contributed by atoms with van der Waals surface area (Å²) in [4.78, 5) is 9.34. The van der Waals surface area contributed by atoms with E-state index in [1.165, 1.54) is 6.07 Å². The summed E-state index contributed by atoms with van der Waals surface area (Å²) in [7, 11) is 0. The number of nitrogens with zero attached hydrogens (tertiary/aromatic N) is 3. The number of aryl methyl sites for hydroxylation is 1. The van der Waals surface area contributed by atoms with Crippen LogP contribution in [0, 0.1) is 13.5 Å². The highest BCUT2D eigenvalue weighted by Gasteiger charge is 2.32. The molecule has 0 unspecified atom stereocenters. The molecule has 1 fully saturated rings. The Morgan fingerprint density at radius 1 is 1.28 bits per heavy atom. The molecule has 25 heavy (non-hydrogen) atoms. The standard InChI is InChI=1S/C18H16F3N3O/c1-12-3-6-17(23-10-12)25-14-7-8-24(11-14)16-5-4-13(18(19,20)21)9-15(16)22-2/h3-6,9-10,14H,7-8,11H2,1H3/t14-/m0/s1. The van der Waals surface area contributed by atoms with E-state index in [2.05, 4.69) is 9.83 Å². The maximum atomic E-state index is 12.8. The summed E-state index contributed by atoms with van der Waals surface area (Å²) in [6.07, 6.45) is -2.13. The molecule has 3 rings (SSSR count). The number of rotatable bonds is 3. The van der Waals surface area contributed by atoms with Crippen LogP contribution < -0.4 is 9.64 Å². The topological polar surface area (TPSA) is 29.7 Å². The number of benzene rings is 1. The third-order valence-corrected chi connectivity index (χ3v) is 4.08. The predicted molar refractivity (Wildman–Crippen MR) is 87.9 cm³/mol. The summed E-state index contributed by atoms with van der Waals surface area (Å²) >= 11 is 0. The molecule has 1 saturated heterocycles. The van der Waals surface area contributed by atoms with Crippen LogP contribution in [0.2, 0.25) is 0 Å². The largest absolute Gasteiger partial charge is 0.472 e. The third kappa shape index (κ3) is 3.85. The highest BCUT2D eigenvalue weighted by atomic mass is 19.4. The second-order valence-electron chi connectivity index (χ2n) is 5.96. The van der Waals surface area contributed by atoms with Crippen molar-refractivity contribution in [3.8, 4) is 5.88 Å². The van der Waals surface area contributed by atoms with Crippen molar-refractivity contribution in [2.75, 3.05) is 18.0 Å². The lowest BCUT2D eigenvalue weighted by Gasteiger charge is -2.21. The number of hydrogen-bond donors (Lipinski definition) is 0. The van der Waals surface area contributed by atoms with Gasteiger partial charge in [0.25, 0.3) is 0 Å². The molecule has 7 heteroatoms. The van der Waals surface area contributed by atoms with E-state index in [9.17, 15) is 13.2 Å². The second-order valence-corrected chi connectivity index (χ2v) is 5.96. The number of alkyl halides is 3. The van der Waals surface area contributed by atoms with Crippen molar-refractivity contribution < 1.29 is 17.9 Å². The van der Waals surface area contributed by atoms with Gasteiger partial charge in [-0.1, -0.05) is 12.1 Å². The van der Waals surface area contributed by atoms with Gasteiger partial charge in [0.1, 0.15) is 6.10 Å². The molecular weight excluding hydrogens is 331 g/mol. The Morgan fingerprint density at radius 3 is 2.72 bits per heavy atom. The summed E-state index contributed by atoms with van der Waals surface area (Å²) < 4.78 is 44.2. The van der Waals surface area contributed by atoms with E-state index in [0.29, 0.717) is 31.1 Å². The van der Waals surface area contributed by atoms with Gasteiger partial charge in [0.15, 0.2) is 0 Å². The molecule has 2 heterocycles. The maximum absolute atomic E-state index is 12.8. The Kier molecular flexibility index (Phi) is 4.53. The van der Waals surface area contributed by atoms with Crippen LogP contribution in [0.1, 0.15) is 17.5 Å². The van der Waals surface area contributed by atoms with Gasteiger partial charge in [-0.15, -0.1) is 0 Å². The van der Waals surface area contributed by atoms with E-state index in [0.717, 1.165) is 17.7 Å². The van der Waals surface area contributed by atoms with Crippen LogP contribution in [-0.4, -0.2) is 24.2 Å². The molecular formula is C18H16F3N3O. The SMILES string of the molecule is [C-]#[N+]c1cc(C(F)(F)F)ccc1N1CC[C@H](Oc2ccc(C)cn2)C1. The second kappa shape index (κ2) is 6.63. The molecule has 0 amide bonds. The van der Waals surface area contributed by atoms with Crippen molar-refractivity contribution in [2.24, 2.45) is 0 Å². The fourth-order valence-corrected chi connectivity index (χ4v) is 2.79. The first-order valence-corrected chi connectivity index (χ1v) is 7.80. The Labute approximate surface area is 143 Å². The van der Waals surface area contributed by atoms with Crippen molar-refractivity contribution in [3.05, 3.63) is 59.1 Å². The number of halogens is 3. The molecule has 1 aromatic carbocycles. The minimum atomic E-state index is -4.45. The van der Waals surface area contributed by atoms with E-state index in [-0.39, 0.29) is 11.8 Å². The lowest BCUT2D eigenvalue weighted by molar-refractivity contribution is -0.137. The number of ether oxygens (including phenoxy) is 1. The van der Waals surface area contributed by atoms with E-state index >= 15 is 0 Å². The Morgan fingerprint density at radius 2 is 2.08 bits per heavy atom. The van der Waals surface area contributed by atoms with Crippen molar-refractivity contribution in [1.82, 2.24) is 4.98 Å². The summed E-state index contributed by atoms with van der Waals surface area (Å²) in [6.45, 7) is 10.2. The molecule has 2 aromatic rings. The summed E-state index contributed by atoms with van der Waals surface area (Å²) in [5.41, 5.74) is 0.736. The van der Waals surface area contributed by atoms with Gasteiger partial charge < -0.3 is 9.64 Å². The monoisotopic (exact) mass is 347 g/mol. The zero-order valence-electron chi connectivity index (χ0n) is 13.5. The molecule has 1 aromatic heterocycles. The minimum Gasteiger partial charge on any atom is -0.472 e. The smallest absolute Gasteiger partial charge is 0.415 e. The van der Waals surface area contributed by atoms with Crippen LogP contribution in [0.25, 0.3) is 4.85 Å². The zero-order chi connectivity index (χ0) is 18.0. The highest BCUT2D eigenvalue weighted by Crippen LogP contribution is 2.38. The molecule has 0 bridgehead atoms. The number of pyridine rings is 1. The van der Waals surface area contributed by atoms with Crippen LogP contribution >= 0.6 is 0 Å².